The highest BCUT2D eigenvalue weighted by molar-refractivity contribution is 6.42. The maximum Gasteiger partial charge on any atom is 0.410 e. The number of nitro groups is 2. The predicted molar refractivity (Wildman–Crippen MR) is 328 cm³/mol. The molecule has 2 aliphatic rings. The summed E-state index contributed by atoms with van der Waals surface area (Å²) in [6.07, 6.45) is 5.64. The molecule has 1 amide bonds. The average Bonchev–Trinajstić information content (AvgIpc) is 1.59. The molecule has 0 unspecified atom stereocenters. The zero-order chi connectivity index (χ0) is 62.1. The summed E-state index contributed by atoms with van der Waals surface area (Å²) in [6.45, 7) is 7.46. The third-order valence-electron chi connectivity index (χ3n) is 13.3. The second-order valence-electron chi connectivity index (χ2n) is 20.4. The Kier molecular flexibility index (Phi) is 19.8. The van der Waals surface area contributed by atoms with Crippen molar-refractivity contribution in [3.63, 3.8) is 0 Å². The number of likely N-dealkylation sites (tertiary alicyclic amines) is 1. The second kappa shape index (κ2) is 27.5. The van der Waals surface area contributed by atoms with Crippen LogP contribution in [-0.2, 0) is 17.6 Å². The maximum atomic E-state index is 12.2. The van der Waals surface area contributed by atoms with E-state index in [0.29, 0.717) is 129 Å². The minimum absolute atomic E-state index is 0.0139. The van der Waals surface area contributed by atoms with Crippen molar-refractivity contribution in [1.82, 2.24) is 40.1 Å². The monoisotopic (exact) mass is 1260 g/mol. The number of benzene rings is 4. The number of nitrogens with zero attached hydrogens (tertiary/aromatic N) is 9. The topological polar surface area (TPSA) is 285 Å². The van der Waals surface area contributed by atoms with Gasteiger partial charge in [0.05, 0.1) is 86.3 Å². The maximum absolute atomic E-state index is 12.2. The minimum Gasteiger partial charge on any atom is -0.495 e. The van der Waals surface area contributed by atoms with E-state index in [1.807, 2.05) is 6.07 Å². The first-order valence-electron chi connectivity index (χ1n) is 26.6. The molecule has 0 bridgehead atoms. The molecule has 8 aromatic rings. The molecule has 2 aliphatic heterocycles. The largest absolute Gasteiger partial charge is 0.495 e. The van der Waals surface area contributed by atoms with E-state index in [4.69, 9.17) is 79.6 Å². The molecule has 10 rings (SSSR count). The van der Waals surface area contributed by atoms with Crippen molar-refractivity contribution < 1.29 is 47.8 Å². The van der Waals surface area contributed by atoms with E-state index in [2.05, 4.69) is 45.9 Å². The number of ether oxygens (including phenoxy) is 7. The molecule has 0 aliphatic carbocycles. The molecule has 0 atom stereocenters. The number of hydrogen-bond acceptors (Lipinski definition) is 21. The van der Waals surface area contributed by atoms with Crippen LogP contribution in [0.3, 0.4) is 0 Å². The van der Waals surface area contributed by atoms with Crippen molar-refractivity contribution in [1.29, 1.82) is 0 Å². The first-order chi connectivity index (χ1) is 41.7. The number of aromatic nitrogens is 6. The first-order valence-corrected chi connectivity index (χ1v) is 28.1. The average molecular weight is 1270 g/mol. The summed E-state index contributed by atoms with van der Waals surface area (Å²) in [5.41, 5.74) is 4.26. The number of carbonyl (C=O) groups excluding carboxylic acids is 1. The number of nitrogens with one attached hydrogen (secondary N) is 3. The van der Waals surface area contributed by atoms with Gasteiger partial charge in [-0.05, 0) is 81.4 Å². The van der Waals surface area contributed by atoms with Gasteiger partial charge in [-0.3, -0.25) is 20.2 Å². The Labute approximate surface area is 518 Å². The van der Waals surface area contributed by atoms with E-state index in [-0.39, 0.29) is 56.5 Å². The smallest absolute Gasteiger partial charge is 0.410 e. The molecule has 3 N–H and O–H groups in total. The van der Waals surface area contributed by atoms with Crippen LogP contribution in [0.2, 0.25) is 20.1 Å². The summed E-state index contributed by atoms with van der Waals surface area (Å²) >= 11 is 26.2. The molecule has 0 saturated carbocycles. The van der Waals surface area contributed by atoms with Crippen molar-refractivity contribution in [2.24, 2.45) is 0 Å². The number of nitro benzene ring substituents is 2. The van der Waals surface area contributed by atoms with Crippen molar-refractivity contribution in [2.75, 3.05) is 65.3 Å². The fourth-order valence-corrected chi connectivity index (χ4v) is 10.1. The fourth-order valence-electron chi connectivity index (χ4n) is 8.92. The summed E-state index contributed by atoms with van der Waals surface area (Å²) in [5.74, 6) is 3.05. The van der Waals surface area contributed by atoms with Crippen molar-refractivity contribution in [3.8, 4) is 57.0 Å². The minimum atomic E-state index is -0.602. The van der Waals surface area contributed by atoms with Crippen LogP contribution in [0, 0.1) is 20.2 Å². The van der Waals surface area contributed by atoms with Gasteiger partial charge in [-0.15, -0.1) is 0 Å². The fraction of sp³-hybridized carbons (Fsp3) is 0.271. The Morgan fingerprint density at radius 2 is 1.01 bits per heavy atom. The van der Waals surface area contributed by atoms with Gasteiger partial charge in [0.2, 0.25) is 0 Å². The molecule has 452 valence electrons. The third-order valence-corrected chi connectivity index (χ3v) is 14.8. The lowest BCUT2D eigenvalue weighted by Crippen LogP contribution is -2.57. The van der Waals surface area contributed by atoms with Crippen LogP contribution >= 0.6 is 46.4 Å². The van der Waals surface area contributed by atoms with Crippen LogP contribution in [0.25, 0.3) is 22.5 Å². The molecular formula is C59H56Cl4N12O12. The molecule has 2 fully saturated rings. The third kappa shape index (κ3) is 15.0. The quantitative estimate of drug-likeness (QED) is 0.0472. The van der Waals surface area contributed by atoms with Crippen molar-refractivity contribution >= 4 is 86.9 Å². The van der Waals surface area contributed by atoms with E-state index >= 15 is 0 Å². The number of anilines is 4. The van der Waals surface area contributed by atoms with Crippen LogP contribution in [0.1, 0.15) is 43.3 Å². The van der Waals surface area contributed by atoms with E-state index in [1.165, 1.54) is 58.1 Å². The lowest BCUT2D eigenvalue weighted by Gasteiger charge is -2.39. The van der Waals surface area contributed by atoms with Gasteiger partial charge >= 0.3 is 6.09 Å². The number of carbonyl (C=O) groups is 1. The second-order valence-corrected chi connectivity index (χ2v) is 21.9. The summed E-state index contributed by atoms with van der Waals surface area (Å²) in [6, 6.07) is 23.4. The lowest BCUT2D eigenvalue weighted by atomic mass is 10.0. The summed E-state index contributed by atoms with van der Waals surface area (Å²) in [7, 11) is 5.94. The van der Waals surface area contributed by atoms with Crippen LogP contribution in [0.4, 0.5) is 39.2 Å². The van der Waals surface area contributed by atoms with Gasteiger partial charge in [0.15, 0.2) is 0 Å². The number of methoxy groups -OCH3 is 4. The molecular weight excluding hydrogens is 1210 g/mol. The molecule has 87 heavy (non-hydrogen) atoms. The van der Waals surface area contributed by atoms with E-state index in [0.717, 1.165) is 0 Å². The van der Waals surface area contributed by atoms with E-state index < -0.39 is 21.5 Å². The van der Waals surface area contributed by atoms with Gasteiger partial charge in [-0.1, -0.05) is 46.4 Å². The van der Waals surface area contributed by atoms with Crippen molar-refractivity contribution in [3.05, 3.63) is 173 Å². The lowest BCUT2D eigenvalue weighted by molar-refractivity contribution is -0.385. The Hall–Kier alpha value is -9.07. The van der Waals surface area contributed by atoms with Crippen LogP contribution in [-0.4, -0.2) is 123 Å². The molecule has 24 nitrogen and oxygen atoms in total. The molecule has 28 heteroatoms. The van der Waals surface area contributed by atoms with E-state index in [1.54, 1.807) is 99.9 Å². The highest BCUT2D eigenvalue weighted by Gasteiger charge is 2.36. The molecule has 4 aromatic heterocycles. The molecule has 6 heterocycles. The summed E-state index contributed by atoms with van der Waals surface area (Å²) in [4.78, 5) is 63.2. The van der Waals surface area contributed by atoms with Gasteiger partial charge < -0.3 is 54.0 Å². The molecule has 4 aromatic carbocycles. The number of pyridine rings is 2. The van der Waals surface area contributed by atoms with E-state index in [9.17, 15) is 25.0 Å². The van der Waals surface area contributed by atoms with Gasteiger partial charge in [0.25, 0.3) is 11.4 Å². The Morgan fingerprint density at radius 3 is 1.38 bits per heavy atom. The van der Waals surface area contributed by atoms with Crippen LogP contribution in [0.15, 0.2) is 110 Å². The Morgan fingerprint density at radius 1 is 0.598 bits per heavy atom. The summed E-state index contributed by atoms with van der Waals surface area (Å²) in [5, 5.41) is 34.3. The van der Waals surface area contributed by atoms with Gasteiger partial charge in [0.1, 0.15) is 96.7 Å². The Bertz CT molecular complexity index is 3810. The Balaban J connectivity index is 0.000000210. The number of hydrogen-bond donors (Lipinski definition) is 3. The van der Waals surface area contributed by atoms with Gasteiger partial charge in [-0.2, -0.15) is 0 Å². The van der Waals surface area contributed by atoms with Gasteiger partial charge in [-0.25, -0.2) is 34.7 Å². The highest BCUT2D eigenvalue weighted by Crippen LogP contribution is 2.48. The van der Waals surface area contributed by atoms with Crippen molar-refractivity contribution in [2.45, 2.75) is 51.4 Å². The normalized spacial score (nSPS) is 13.0. The number of amides is 1. The standard InChI is InChI=1S/C32H32Cl2N6O7.C27H24Cl2N6O5/c1-32(2,3)47-31(41)39-15-21(16-39)46-20-9-8-18(24(13-20)40(42)43)11-19-12-23(37-17-36-19)22-7-6-10-35-30(22)38-29-27(33)25(44-4)14-26(45-5)28(29)34;1-38-22-11-23(39-2)25(29)26(24(22)28)34-27-19(4-3-7-31-27)20-9-16(32-14-33-20)8-15-5-6-17(10-21(15)35(36)37)40-18-12-30-13-18/h6-10,12-14,17,21H,11,15-16H2,1-5H3,(H,35,38);3-7,9-11,14,18,30H,8,12-13H2,1-2H3,(H,31,34). The van der Waals surface area contributed by atoms with Crippen LogP contribution < -0.4 is 44.4 Å². The number of halogens is 4. The molecule has 2 saturated heterocycles. The zero-order valence-electron chi connectivity index (χ0n) is 47.7. The molecule has 0 radical (unpaired) electrons. The first kappa shape index (κ1) is 62.5. The number of rotatable bonds is 20. The SMILES string of the molecule is COc1cc(OC)c(Cl)c(Nc2ncccc2-c2cc(Cc3ccc(OC4CN(C(=O)OC(C)(C)C)C4)cc3[N+](=O)[O-])ncn2)c1Cl.COc1cc(OC)c(Cl)c(Nc2ncccc2-c2cc(Cc3ccc(OC4CNC4)cc3[N+](=O)[O-])ncn2)c1Cl. The molecule has 0 spiro atoms. The zero-order valence-corrected chi connectivity index (χ0v) is 50.7. The predicted octanol–water partition coefficient (Wildman–Crippen LogP) is 12.6. The summed E-state index contributed by atoms with van der Waals surface area (Å²) < 4.78 is 38.5. The highest BCUT2D eigenvalue weighted by atomic mass is 35.5. The van der Waals surface area contributed by atoms with Crippen LogP contribution in [0.5, 0.6) is 34.5 Å². The van der Waals surface area contributed by atoms with Gasteiger partial charge in [0, 0.05) is 84.1 Å².